The predicted molar refractivity (Wildman–Crippen MR) is 65.7 cm³/mol. The van der Waals surface area contributed by atoms with Crippen LogP contribution in [0.5, 0.6) is 0 Å². The lowest BCUT2D eigenvalue weighted by atomic mass is 10.3. The quantitative estimate of drug-likeness (QED) is 0.543. The van der Waals surface area contributed by atoms with Crippen molar-refractivity contribution in [2.45, 2.75) is 32.3 Å². The number of hydrogen-bond donors (Lipinski definition) is 1. The summed E-state index contributed by atoms with van der Waals surface area (Å²) in [5.74, 6) is 0. The molecular weight excluding hydrogens is 206 g/mol. The van der Waals surface area contributed by atoms with E-state index in [9.17, 15) is 5.11 Å². The molecule has 1 atom stereocenters. The number of rotatable bonds is 11. The second kappa shape index (κ2) is 11.3. The van der Waals surface area contributed by atoms with Crippen molar-refractivity contribution in [1.82, 2.24) is 4.90 Å². The lowest BCUT2D eigenvalue weighted by Crippen LogP contribution is -2.25. The van der Waals surface area contributed by atoms with E-state index in [0.717, 1.165) is 19.6 Å². The number of aliphatic hydroxyl groups excluding tert-OH is 1. The molecule has 0 spiro atoms. The molecule has 1 unspecified atom stereocenters. The van der Waals surface area contributed by atoms with Crippen molar-refractivity contribution >= 4 is 0 Å². The Balaban J connectivity index is 3.15. The van der Waals surface area contributed by atoms with Gasteiger partial charge in [-0.15, -0.1) is 0 Å². The van der Waals surface area contributed by atoms with Crippen LogP contribution in [0.25, 0.3) is 0 Å². The maximum absolute atomic E-state index is 9.51. The Labute approximate surface area is 99.5 Å². The topological polar surface area (TPSA) is 41.9 Å². The smallest absolute Gasteiger partial charge is 0.101 e. The van der Waals surface area contributed by atoms with Crippen molar-refractivity contribution in [3.8, 4) is 0 Å². The van der Waals surface area contributed by atoms with E-state index in [1.807, 2.05) is 19.0 Å². The number of likely N-dealkylation sites (N-methyl/N-ethyl adjacent to an activating group) is 1. The van der Waals surface area contributed by atoms with E-state index >= 15 is 0 Å². The summed E-state index contributed by atoms with van der Waals surface area (Å²) >= 11 is 0. The van der Waals surface area contributed by atoms with Crippen molar-refractivity contribution in [1.29, 1.82) is 0 Å². The fraction of sp³-hybridized carbons (Fsp3) is 1.00. The highest BCUT2D eigenvalue weighted by Crippen LogP contribution is 1.95. The van der Waals surface area contributed by atoms with Crippen molar-refractivity contribution < 1.29 is 14.6 Å². The van der Waals surface area contributed by atoms with Crippen LogP contribution in [0.4, 0.5) is 0 Å². The van der Waals surface area contributed by atoms with E-state index in [4.69, 9.17) is 9.47 Å². The fourth-order valence-corrected chi connectivity index (χ4v) is 1.19. The molecule has 0 aromatic rings. The summed E-state index contributed by atoms with van der Waals surface area (Å²) in [6.07, 6.45) is 2.96. The van der Waals surface area contributed by atoms with Gasteiger partial charge in [-0.25, -0.2) is 0 Å². The molecule has 0 heterocycles. The molecule has 0 amide bonds. The Kier molecular flexibility index (Phi) is 11.2. The van der Waals surface area contributed by atoms with Crippen LogP contribution in [0.3, 0.4) is 0 Å². The monoisotopic (exact) mass is 233 g/mol. The first kappa shape index (κ1) is 15.8. The third-order valence-corrected chi connectivity index (χ3v) is 2.20. The second-order valence-corrected chi connectivity index (χ2v) is 4.31. The largest absolute Gasteiger partial charge is 0.388 e. The lowest BCUT2D eigenvalue weighted by molar-refractivity contribution is -0.0214. The van der Waals surface area contributed by atoms with Crippen LogP contribution in [0, 0.1) is 0 Å². The zero-order valence-electron chi connectivity index (χ0n) is 10.9. The van der Waals surface area contributed by atoms with Gasteiger partial charge in [-0.1, -0.05) is 19.8 Å². The van der Waals surface area contributed by atoms with Crippen LogP contribution in [-0.4, -0.2) is 63.2 Å². The third-order valence-electron chi connectivity index (χ3n) is 2.20. The molecule has 0 aromatic carbocycles. The third kappa shape index (κ3) is 11.9. The highest BCUT2D eigenvalue weighted by Gasteiger charge is 2.04. The number of nitrogens with zero attached hydrogens (tertiary/aromatic N) is 1. The van der Waals surface area contributed by atoms with E-state index in [1.165, 1.54) is 12.8 Å². The minimum Gasteiger partial charge on any atom is -0.388 e. The summed E-state index contributed by atoms with van der Waals surface area (Å²) in [6, 6.07) is 0. The molecule has 0 saturated carbocycles. The van der Waals surface area contributed by atoms with Crippen molar-refractivity contribution in [3.63, 3.8) is 0 Å². The maximum Gasteiger partial charge on any atom is 0.101 e. The van der Waals surface area contributed by atoms with Gasteiger partial charge in [-0.2, -0.15) is 0 Å². The predicted octanol–water partition coefficient (Wildman–Crippen LogP) is 1.13. The molecule has 0 fully saturated rings. The molecule has 1 N–H and O–H groups in total. The SMILES string of the molecule is CCCCCOCC(O)COCCN(C)C. The summed E-state index contributed by atoms with van der Waals surface area (Å²) in [7, 11) is 3.99. The first-order valence-corrected chi connectivity index (χ1v) is 6.15. The Morgan fingerprint density at radius 1 is 1.06 bits per heavy atom. The molecule has 16 heavy (non-hydrogen) atoms. The van der Waals surface area contributed by atoms with Crippen LogP contribution >= 0.6 is 0 Å². The number of aliphatic hydroxyl groups is 1. The van der Waals surface area contributed by atoms with Crippen molar-refractivity contribution in [2.24, 2.45) is 0 Å². The van der Waals surface area contributed by atoms with Gasteiger partial charge in [0.15, 0.2) is 0 Å². The van der Waals surface area contributed by atoms with Gasteiger partial charge in [-0.05, 0) is 20.5 Å². The summed E-state index contributed by atoms with van der Waals surface area (Å²) in [6.45, 7) is 5.17. The second-order valence-electron chi connectivity index (χ2n) is 4.31. The highest BCUT2D eigenvalue weighted by molar-refractivity contribution is 4.52. The van der Waals surface area contributed by atoms with E-state index in [2.05, 4.69) is 6.92 Å². The normalized spacial score (nSPS) is 13.3. The van der Waals surface area contributed by atoms with Gasteiger partial charge < -0.3 is 19.5 Å². The maximum atomic E-state index is 9.51. The van der Waals surface area contributed by atoms with Gasteiger partial charge in [0, 0.05) is 13.2 Å². The van der Waals surface area contributed by atoms with Crippen LogP contribution in [0.15, 0.2) is 0 Å². The summed E-state index contributed by atoms with van der Waals surface area (Å²) in [5.41, 5.74) is 0. The minimum absolute atomic E-state index is 0.363. The molecule has 0 rings (SSSR count). The van der Waals surface area contributed by atoms with Crippen molar-refractivity contribution in [3.05, 3.63) is 0 Å². The van der Waals surface area contributed by atoms with Gasteiger partial charge >= 0.3 is 0 Å². The molecule has 0 radical (unpaired) electrons. The van der Waals surface area contributed by atoms with Crippen LogP contribution in [-0.2, 0) is 9.47 Å². The molecule has 98 valence electrons. The average Bonchev–Trinajstić information content (AvgIpc) is 2.24. The highest BCUT2D eigenvalue weighted by atomic mass is 16.5. The Hall–Kier alpha value is -0.160. The van der Waals surface area contributed by atoms with Crippen LogP contribution in [0.2, 0.25) is 0 Å². The van der Waals surface area contributed by atoms with Gasteiger partial charge in [-0.3, -0.25) is 0 Å². The minimum atomic E-state index is -0.496. The summed E-state index contributed by atoms with van der Waals surface area (Å²) in [4.78, 5) is 2.05. The lowest BCUT2D eigenvalue weighted by Gasteiger charge is -2.13. The number of unbranched alkanes of at least 4 members (excludes halogenated alkanes) is 2. The van der Waals surface area contributed by atoms with Gasteiger partial charge in [0.1, 0.15) is 6.10 Å². The fourth-order valence-electron chi connectivity index (χ4n) is 1.19. The zero-order valence-corrected chi connectivity index (χ0v) is 10.9. The van der Waals surface area contributed by atoms with Crippen LogP contribution in [0.1, 0.15) is 26.2 Å². The molecule has 4 heteroatoms. The molecule has 0 bridgehead atoms. The van der Waals surface area contributed by atoms with E-state index in [-0.39, 0.29) is 0 Å². The van der Waals surface area contributed by atoms with Crippen molar-refractivity contribution in [2.75, 3.05) is 47.1 Å². The Morgan fingerprint density at radius 2 is 1.69 bits per heavy atom. The number of ether oxygens (including phenoxy) is 2. The van der Waals surface area contributed by atoms with Crippen LogP contribution < -0.4 is 0 Å². The van der Waals surface area contributed by atoms with E-state index < -0.39 is 6.10 Å². The first-order valence-electron chi connectivity index (χ1n) is 6.15. The zero-order chi connectivity index (χ0) is 12.2. The Morgan fingerprint density at radius 3 is 2.25 bits per heavy atom. The molecule has 0 saturated heterocycles. The summed E-state index contributed by atoms with van der Waals surface area (Å²) in [5, 5.41) is 9.51. The van der Waals surface area contributed by atoms with E-state index in [1.54, 1.807) is 0 Å². The summed E-state index contributed by atoms with van der Waals surface area (Å²) < 4.78 is 10.6. The van der Waals surface area contributed by atoms with Gasteiger partial charge in [0.2, 0.25) is 0 Å². The first-order chi connectivity index (χ1) is 7.66. The molecule has 0 aliphatic heterocycles. The Bertz CT molecular complexity index is 142. The average molecular weight is 233 g/mol. The molecule has 0 aliphatic carbocycles. The molecule has 0 aliphatic rings. The van der Waals surface area contributed by atoms with Gasteiger partial charge in [0.25, 0.3) is 0 Å². The van der Waals surface area contributed by atoms with Gasteiger partial charge in [0.05, 0.1) is 19.8 Å². The molecule has 4 nitrogen and oxygen atoms in total. The molecular formula is C12H27NO3. The molecule has 0 aromatic heterocycles. The van der Waals surface area contributed by atoms with E-state index in [0.29, 0.717) is 19.8 Å². The standard InChI is InChI=1S/C12H27NO3/c1-4-5-6-8-15-10-12(14)11-16-9-7-13(2)3/h12,14H,4-11H2,1-3H3. The number of hydrogen-bond acceptors (Lipinski definition) is 4.